The topological polar surface area (TPSA) is 24.7 Å². The molecule has 2 aromatic carbocycles. The van der Waals surface area contributed by atoms with Crippen molar-refractivity contribution in [3.05, 3.63) is 70.8 Å². The molecule has 1 aliphatic rings. The highest BCUT2D eigenvalue weighted by atomic mass is 15.2. The summed E-state index contributed by atoms with van der Waals surface area (Å²) in [6, 6.07) is 17.0. The largest absolute Gasteiger partial charge is 0.159 e. The van der Waals surface area contributed by atoms with E-state index in [4.69, 9.17) is 0 Å². The average Bonchev–Trinajstić information content (AvgIpc) is 2.67. The fourth-order valence-corrected chi connectivity index (χ4v) is 3.61. The zero-order valence-corrected chi connectivity index (χ0v) is 16.1. The minimum absolute atomic E-state index is 0.934. The van der Waals surface area contributed by atoms with Crippen LogP contribution in [0, 0.1) is 18.8 Å². The first-order valence-corrected chi connectivity index (χ1v) is 9.91. The van der Waals surface area contributed by atoms with Crippen molar-refractivity contribution in [1.82, 2.24) is 0 Å². The van der Waals surface area contributed by atoms with Gasteiger partial charge in [0.05, 0.1) is 12.4 Å². The van der Waals surface area contributed by atoms with Gasteiger partial charge in [0.25, 0.3) is 0 Å². The van der Waals surface area contributed by atoms with Gasteiger partial charge in [-0.15, -0.1) is 0 Å². The van der Waals surface area contributed by atoms with Crippen LogP contribution in [0.2, 0.25) is 0 Å². The smallest absolute Gasteiger partial charge is 0.0568 e. The van der Waals surface area contributed by atoms with Gasteiger partial charge in [-0.1, -0.05) is 86.7 Å². The maximum atomic E-state index is 4.16. The van der Waals surface area contributed by atoms with E-state index in [1.165, 1.54) is 49.7 Å². The number of rotatable bonds is 6. The second kappa shape index (κ2) is 9.47. The molecule has 2 heteroatoms. The lowest BCUT2D eigenvalue weighted by atomic mass is 9.80. The number of aryl methyl sites for hydroxylation is 2. The Labute approximate surface area is 158 Å². The van der Waals surface area contributed by atoms with Gasteiger partial charge in [-0.2, -0.15) is 10.2 Å². The van der Waals surface area contributed by atoms with Crippen LogP contribution in [0.3, 0.4) is 0 Å². The third kappa shape index (κ3) is 5.94. The van der Waals surface area contributed by atoms with E-state index < -0.39 is 0 Å². The summed E-state index contributed by atoms with van der Waals surface area (Å²) in [5, 5.41) is 8.30. The van der Waals surface area contributed by atoms with Crippen LogP contribution in [0.15, 0.2) is 58.7 Å². The monoisotopic (exact) mass is 346 g/mol. The zero-order valence-electron chi connectivity index (χ0n) is 16.1. The van der Waals surface area contributed by atoms with E-state index in [1.807, 2.05) is 6.21 Å². The molecule has 2 nitrogen and oxygen atoms in total. The van der Waals surface area contributed by atoms with Crippen molar-refractivity contribution < 1.29 is 0 Å². The van der Waals surface area contributed by atoms with Crippen molar-refractivity contribution in [3.8, 4) is 0 Å². The van der Waals surface area contributed by atoms with E-state index >= 15 is 0 Å². The molecule has 0 aromatic heterocycles. The van der Waals surface area contributed by atoms with Crippen molar-refractivity contribution in [2.75, 3.05) is 0 Å². The van der Waals surface area contributed by atoms with Gasteiger partial charge in [0.2, 0.25) is 0 Å². The number of hydrogen-bond acceptors (Lipinski definition) is 2. The summed E-state index contributed by atoms with van der Waals surface area (Å²) in [6.45, 7) is 4.47. The summed E-state index contributed by atoms with van der Waals surface area (Å²) >= 11 is 0. The summed E-state index contributed by atoms with van der Waals surface area (Å²) in [4.78, 5) is 0. The Morgan fingerprint density at radius 1 is 0.808 bits per heavy atom. The minimum atomic E-state index is 0.934. The molecular weight excluding hydrogens is 316 g/mol. The summed E-state index contributed by atoms with van der Waals surface area (Å²) in [6.07, 6.45) is 11.8. The highest BCUT2D eigenvalue weighted by Crippen LogP contribution is 2.31. The Morgan fingerprint density at radius 2 is 1.35 bits per heavy atom. The van der Waals surface area contributed by atoms with Crippen LogP contribution < -0.4 is 0 Å². The molecule has 2 aromatic rings. The van der Waals surface area contributed by atoms with Crippen LogP contribution >= 0.6 is 0 Å². The molecule has 0 radical (unpaired) electrons. The van der Waals surface area contributed by atoms with Gasteiger partial charge in [-0.25, -0.2) is 0 Å². The molecule has 0 spiro atoms. The third-order valence-electron chi connectivity index (χ3n) is 5.51. The Hall–Kier alpha value is -2.22. The molecule has 1 saturated carbocycles. The maximum absolute atomic E-state index is 4.16. The van der Waals surface area contributed by atoms with E-state index in [0.29, 0.717) is 0 Å². The van der Waals surface area contributed by atoms with Crippen LogP contribution in [0.5, 0.6) is 0 Å². The van der Waals surface area contributed by atoms with Crippen molar-refractivity contribution >= 4 is 12.4 Å². The minimum Gasteiger partial charge on any atom is -0.159 e. The van der Waals surface area contributed by atoms with Gasteiger partial charge in [0.1, 0.15) is 0 Å². The van der Waals surface area contributed by atoms with Crippen LogP contribution in [0.1, 0.15) is 61.3 Å². The standard InChI is InChI=1S/C24H30N2/c1-19-3-7-21(8-4-19)11-12-22-13-15-24(16-14-22)18-26-25-17-23-9-5-20(2)6-10-23/h5-6,9-10,13-19,21H,3-4,7-8,11-12H2,1-2H3/b25-17+,26-18+. The first-order chi connectivity index (χ1) is 12.7. The fraction of sp³-hybridized carbons (Fsp3) is 0.417. The van der Waals surface area contributed by atoms with E-state index in [-0.39, 0.29) is 0 Å². The second-order valence-corrected chi connectivity index (χ2v) is 7.81. The van der Waals surface area contributed by atoms with Crippen LogP contribution in [0.25, 0.3) is 0 Å². The van der Waals surface area contributed by atoms with Crippen LogP contribution in [-0.4, -0.2) is 12.4 Å². The predicted molar refractivity (Wildman–Crippen MR) is 112 cm³/mol. The highest BCUT2D eigenvalue weighted by Gasteiger charge is 2.17. The summed E-state index contributed by atoms with van der Waals surface area (Å²) in [5.74, 6) is 1.88. The molecule has 26 heavy (non-hydrogen) atoms. The van der Waals surface area contributed by atoms with Gasteiger partial charge in [0, 0.05) is 0 Å². The lowest BCUT2D eigenvalue weighted by molar-refractivity contribution is 0.278. The molecule has 1 aliphatic carbocycles. The first kappa shape index (κ1) is 18.6. The highest BCUT2D eigenvalue weighted by molar-refractivity contribution is 5.82. The van der Waals surface area contributed by atoms with Gasteiger partial charge in [-0.3, -0.25) is 0 Å². The Bertz CT molecular complexity index is 718. The lowest BCUT2D eigenvalue weighted by Gasteiger charge is -2.26. The van der Waals surface area contributed by atoms with Crippen LogP contribution in [0.4, 0.5) is 0 Å². The molecule has 1 fully saturated rings. The average molecular weight is 347 g/mol. The molecular formula is C24H30N2. The molecule has 0 bridgehead atoms. The summed E-state index contributed by atoms with van der Waals surface area (Å²) in [7, 11) is 0. The van der Waals surface area contributed by atoms with Crippen molar-refractivity contribution in [2.45, 2.75) is 52.4 Å². The lowest BCUT2D eigenvalue weighted by Crippen LogP contribution is -2.12. The SMILES string of the molecule is Cc1ccc(/C=N/N=C/c2ccc(CCC3CCC(C)CC3)cc2)cc1. The quantitative estimate of drug-likeness (QED) is 0.439. The predicted octanol–water partition coefficient (Wildman–Crippen LogP) is 6.21. The molecule has 0 unspecified atom stereocenters. The molecule has 136 valence electrons. The molecule has 3 rings (SSSR count). The van der Waals surface area contributed by atoms with E-state index in [1.54, 1.807) is 6.21 Å². The normalized spacial score (nSPS) is 20.8. The molecule has 0 amide bonds. The Morgan fingerprint density at radius 3 is 1.92 bits per heavy atom. The van der Waals surface area contributed by atoms with Crippen molar-refractivity contribution in [2.24, 2.45) is 22.0 Å². The Balaban J connectivity index is 1.45. The first-order valence-electron chi connectivity index (χ1n) is 9.91. The molecule has 0 N–H and O–H groups in total. The van der Waals surface area contributed by atoms with Crippen LogP contribution in [-0.2, 0) is 6.42 Å². The van der Waals surface area contributed by atoms with Gasteiger partial charge >= 0.3 is 0 Å². The third-order valence-corrected chi connectivity index (χ3v) is 5.51. The molecule has 0 aliphatic heterocycles. The van der Waals surface area contributed by atoms with E-state index in [9.17, 15) is 0 Å². The van der Waals surface area contributed by atoms with Gasteiger partial charge < -0.3 is 0 Å². The van der Waals surface area contributed by atoms with Crippen molar-refractivity contribution in [3.63, 3.8) is 0 Å². The Kier molecular flexibility index (Phi) is 6.76. The number of benzene rings is 2. The maximum Gasteiger partial charge on any atom is 0.0568 e. The molecule has 0 heterocycles. The number of hydrogen-bond donors (Lipinski definition) is 0. The number of nitrogens with zero attached hydrogens (tertiary/aromatic N) is 2. The zero-order chi connectivity index (χ0) is 18.2. The fourth-order valence-electron chi connectivity index (χ4n) is 3.61. The molecule has 0 atom stereocenters. The summed E-state index contributed by atoms with van der Waals surface area (Å²) in [5.41, 5.74) is 4.86. The van der Waals surface area contributed by atoms with E-state index in [2.05, 4.69) is 72.6 Å². The van der Waals surface area contributed by atoms with Gasteiger partial charge in [-0.05, 0) is 48.3 Å². The van der Waals surface area contributed by atoms with Crippen molar-refractivity contribution in [1.29, 1.82) is 0 Å². The van der Waals surface area contributed by atoms with Gasteiger partial charge in [0.15, 0.2) is 0 Å². The molecule has 0 saturated heterocycles. The summed E-state index contributed by atoms with van der Waals surface area (Å²) < 4.78 is 0. The van der Waals surface area contributed by atoms with E-state index in [0.717, 1.165) is 23.0 Å². The second-order valence-electron chi connectivity index (χ2n) is 7.81.